The van der Waals surface area contributed by atoms with Crippen LogP contribution in [0.1, 0.15) is 52.7 Å². The van der Waals surface area contributed by atoms with E-state index in [4.69, 9.17) is 0 Å². The molecular weight excluding hydrogens is 811 g/mol. The van der Waals surface area contributed by atoms with Crippen LogP contribution in [0.5, 0.6) is 0 Å². The first kappa shape index (κ1) is 37.4. The molecule has 10 aromatic carbocycles. The minimum atomic E-state index is -0.0770. The Hall–Kier alpha value is -7.88. The number of benzene rings is 10. The summed E-state index contributed by atoms with van der Waals surface area (Å²) in [5.41, 5.74) is 16.4. The summed E-state index contributed by atoms with van der Waals surface area (Å²) < 4.78 is 7.66. The predicted octanol–water partition coefficient (Wildman–Crippen LogP) is 17.7. The van der Waals surface area contributed by atoms with Crippen LogP contribution in [0.3, 0.4) is 0 Å². The molecule has 0 saturated heterocycles. The van der Waals surface area contributed by atoms with E-state index in [1.807, 2.05) is 0 Å². The van der Waals surface area contributed by atoms with Gasteiger partial charge >= 0.3 is 0 Å². The fourth-order valence-corrected chi connectivity index (χ4v) is 12.4. The monoisotopic (exact) mass is 857 g/mol. The van der Waals surface area contributed by atoms with Crippen molar-refractivity contribution in [1.82, 2.24) is 13.4 Å². The summed E-state index contributed by atoms with van der Waals surface area (Å²) in [5, 5.41) is 18.3. The van der Waals surface area contributed by atoms with Gasteiger partial charge in [-0.25, -0.2) is 0 Å². The molecule has 0 radical (unpaired) electrons. The van der Waals surface area contributed by atoms with Crippen molar-refractivity contribution in [1.29, 1.82) is 0 Å². The first-order valence-electron chi connectivity index (χ1n) is 23.9. The Morgan fingerprint density at radius 3 is 1.52 bits per heavy atom. The molecule has 0 unspecified atom stereocenters. The number of aromatic nitrogens is 3. The van der Waals surface area contributed by atoms with Crippen molar-refractivity contribution in [2.24, 2.45) is 0 Å². The Balaban J connectivity index is 1.13. The average molecular weight is 858 g/mol. The average Bonchev–Trinajstić information content (AvgIpc) is 4.12. The number of fused-ring (bicyclic) bond motifs is 20. The molecule has 67 heavy (non-hydrogen) atoms. The van der Waals surface area contributed by atoms with Gasteiger partial charge in [0.25, 0.3) is 0 Å². The number of hydrogen-bond acceptors (Lipinski definition) is 0. The highest BCUT2D eigenvalue weighted by molar-refractivity contribution is 6.40. The first-order valence-corrected chi connectivity index (χ1v) is 23.9. The van der Waals surface area contributed by atoms with E-state index in [-0.39, 0.29) is 10.8 Å². The molecule has 0 N–H and O–H groups in total. The fourth-order valence-electron chi connectivity index (χ4n) is 12.4. The lowest BCUT2D eigenvalue weighted by Crippen LogP contribution is -2.11. The van der Waals surface area contributed by atoms with E-state index < -0.39 is 0 Å². The van der Waals surface area contributed by atoms with E-state index in [0.717, 1.165) is 0 Å². The van der Waals surface area contributed by atoms with Crippen LogP contribution in [0.2, 0.25) is 0 Å². The number of hydrogen-bond donors (Lipinski definition) is 0. The molecular formula is C64H47N3. The zero-order chi connectivity index (χ0) is 44.8. The molecule has 3 heteroatoms. The Kier molecular flexibility index (Phi) is 6.97. The van der Waals surface area contributed by atoms with Gasteiger partial charge in [-0.15, -0.1) is 0 Å². The van der Waals surface area contributed by atoms with E-state index in [9.17, 15) is 0 Å². The van der Waals surface area contributed by atoms with Crippen LogP contribution in [-0.4, -0.2) is 13.4 Å². The number of para-hydroxylation sites is 2. The van der Waals surface area contributed by atoms with Crippen LogP contribution in [0.25, 0.3) is 136 Å². The fraction of sp³-hybridized carbons (Fsp3) is 0.125. The second kappa shape index (κ2) is 12.5. The van der Waals surface area contributed by atoms with Crippen molar-refractivity contribution >= 4 is 120 Å². The molecule has 0 fully saturated rings. The second-order valence-corrected chi connectivity index (χ2v) is 21.3. The van der Waals surface area contributed by atoms with Crippen LogP contribution in [-0.2, 0) is 10.8 Å². The van der Waals surface area contributed by atoms with Crippen molar-refractivity contribution in [3.8, 4) is 16.8 Å². The van der Waals surface area contributed by atoms with Crippen molar-refractivity contribution < 1.29 is 0 Å². The molecule has 5 heterocycles. The number of nitrogens with zero attached hydrogens (tertiary/aromatic N) is 3. The van der Waals surface area contributed by atoms with Gasteiger partial charge in [0.05, 0.1) is 44.1 Å². The van der Waals surface area contributed by atoms with Gasteiger partial charge in [-0.05, 0) is 128 Å². The summed E-state index contributed by atoms with van der Waals surface area (Å²) in [6.45, 7) is 14.0. The zero-order valence-electron chi connectivity index (χ0n) is 38.6. The zero-order valence-corrected chi connectivity index (χ0v) is 38.6. The summed E-state index contributed by atoms with van der Waals surface area (Å²) in [4.78, 5) is 0. The highest BCUT2D eigenvalue weighted by Gasteiger charge is 2.29. The van der Waals surface area contributed by atoms with Crippen molar-refractivity contribution in [3.05, 3.63) is 187 Å². The molecule has 0 atom stereocenters. The SMILES string of the molecule is CC(C)(C)c1ccc2c(c1)c1c3ccccc3cc3c4c5c6cc7ccccc7c7c8cc(C(C)(C)C)cc(-c9ccc%10c(c9)c9ccccc9n%10-c9ccccc9)c8n(c5ccc4n2c31)c67. The molecule has 0 bridgehead atoms. The van der Waals surface area contributed by atoms with Gasteiger partial charge < -0.3 is 13.4 Å². The van der Waals surface area contributed by atoms with Crippen LogP contribution in [0, 0.1) is 0 Å². The Morgan fingerprint density at radius 2 is 0.836 bits per heavy atom. The molecule has 0 aliphatic rings. The van der Waals surface area contributed by atoms with Crippen molar-refractivity contribution in [2.75, 3.05) is 0 Å². The molecule has 318 valence electrons. The molecule has 3 nitrogen and oxygen atoms in total. The molecule has 15 rings (SSSR count). The summed E-state index contributed by atoms with van der Waals surface area (Å²) in [6, 6.07) is 67.0. The maximum atomic E-state index is 2.65. The third kappa shape index (κ3) is 4.76. The quantitative estimate of drug-likeness (QED) is 0.164. The summed E-state index contributed by atoms with van der Waals surface area (Å²) >= 11 is 0. The summed E-state index contributed by atoms with van der Waals surface area (Å²) in [6.07, 6.45) is 0. The van der Waals surface area contributed by atoms with Crippen LogP contribution in [0.4, 0.5) is 0 Å². The van der Waals surface area contributed by atoms with Gasteiger partial charge in [-0.2, -0.15) is 0 Å². The maximum Gasteiger partial charge on any atom is 0.0627 e. The van der Waals surface area contributed by atoms with Gasteiger partial charge in [-0.3, -0.25) is 0 Å². The van der Waals surface area contributed by atoms with Gasteiger partial charge in [0, 0.05) is 65.1 Å². The smallest absolute Gasteiger partial charge is 0.0627 e. The molecule has 0 spiro atoms. The van der Waals surface area contributed by atoms with Gasteiger partial charge in [-0.1, -0.05) is 139 Å². The molecule has 15 aromatic rings. The van der Waals surface area contributed by atoms with Crippen molar-refractivity contribution in [2.45, 2.75) is 52.4 Å². The summed E-state index contributed by atoms with van der Waals surface area (Å²) in [5.74, 6) is 0. The Morgan fingerprint density at radius 1 is 0.313 bits per heavy atom. The van der Waals surface area contributed by atoms with Crippen LogP contribution >= 0.6 is 0 Å². The van der Waals surface area contributed by atoms with E-state index >= 15 is 0 Å². The summed E-state index contributed by atoms with van der Waals surface area (Å²) in [7, 11) is 0. The standard InChI is InChI=1S/C64H47N3/c1-63(2,3)39-25-27-53-47(33-39)56-42-20-12-10-16-36(42)31-48-58-54(66(53)61(48)56)28-29-55-59(58)49-32-37-17-11-13-21-43(37)57-50-35-40(64(4,5)6)34-45(60(50)67(55)62(49)57)38-24-26-52-46(30-38)44-22-14-15-23-51(44)65(52)41-18-8-7-9-19-41/h7-35H,1-6H3. The topological polar surface area (TPSA) is 13.8 Å². The third-order valence-corrected chi connectivity index (χ3v) is 15.5. The van der Waals surface area contributed by atoms with Crippen molar-refractivity contribution in [3.63, 3.8) is 0 Å². The molecule has 5 aromatic heterocycles. The highest BCUT2D eigenvalue weighted by atomic mass is 15.0. The second-order valence-electron chi connectivity index (χ2n) is 21.3. The van der Waals surface area contributed by atoms with Crippen LogP contribution in [0.15, 0.2) is 176 Å². The van der Waals surface area contributed by atoms with Crippen LogP contribution < -0.4 is 0 Å². The molecule has 0 amide bonds. The van der Waals surface area contributed by atoms with E-state index in [2.05, 4.69) is 231 Å². The normalized spacial score (nSPS) is 13.2. The largest absolute Gasteiger partial charge is 0.309 e. The lowest BCUT2D eigenvalue weighted by molar-refractivity contribution is 0.591. The van der Waals surface area contributed by atoms with Gasteiger partial charge in [0.15, 0.2) is 0 Å². The Bertz CT molecular complexity index is 4620. The van der Waals surface area contributed by atoms with Gasteiger partial charge in [0.2, 0.25) is 0 Å². The molecule has 0 aliphatic heterocycles. The Labute approximate surface area is 387 Å². The van der Waals surface area contributed by atoms with E-state index in [0.29, 0.717) is 0 Å². The number of rotatable bonds is 2. The lowest BCUT2D eigenvalue weighted by Gasteiger charge is -2.21. The minimum Gasteiger partial charge on any atom is -0.309 e. The first-order chi connectivity index (χ1) is 32.5. The van der Waals surface area contributed by atoms with Gasteiger partial charge in [0.1, 0.15) is 0 Å². The van der Waals surface area contributed by atoms with E-state index in [1.54, 1.807) is 0 Å². The lowest BCUT2D eigenvalue weighted by atomic mass is 9.83. The van der Waals surface area contributed by atoms with E-state index in [1.165, 1.54) is 147 Å². The molecule has 0 aliphatic carbocycles. The third-order valence-electron chi connectivity index (χ3n) is 15.5. The highest BCUT2D eigenvalue weighted by Crippen LogP contribution is 2.52. The predicted molar refractivity (Wildman–Crippen MR) is 288 cm³/mol. The maximum absolute atomic E-state index is 2.65. The minimum absolute atomic E-state index is 0.0376. The molecule has 0 saturated carbocycles.